The van der Waals surface area contributed by atoms with Crippen molar-refractivity contribution in [2.75, 3.05) is 13.2 Å². The van der Waals surface area contributed by atoms with Crippen LogP contribution < -0.4 is 42.0 Å². The Balaban J connectivity index is 0. The van der Waals surface area contributed by atoms with Crippen molar-refractivity contribution in [3.05, 3.63) is 0 Å². The maximum absolute atomic E-state index is 4.50. The van der Waals surface area contributed by atoms with Gasteiger partial charge in [0, 0.05) is 0 Å². The van der Waals surface area contributed by atoms with Crippen molar-refractivity contribution in [1.29, 1.82) is 0 Å². The normalized spacial score (nSPS) is 14.4. The van der Waals surface area contributed by atoms with Crippen LogP contribution in [0.25, 0.3) is 0 Å². The first kappa shape index (κ1) is 9.54. The Morgan fingerprint density at radius 1 is 1.20 bits per heavy atom. The van der Waals surface area contributed by atoms with Gasteiger partial charge < -0.3 is 17.1 Å². The van der Waals surface area contributed by atoms with Gasteiger partial charge in [-0.25, -0.2) is 0 Å². The molecule has 0 radical (unpaired) electrons. The third kappa shape index (κ3) is 11.0. The molecule has 0 aromatic rings. The molecule has 1 aliphatic heterocycles. The predicted molar refractivity (Wildman–Crippen MR) is 10.8 cm³/mol. The molecule has 3 heteroatoms. The van der Waals surface area contributed by atoms with E-state index in [2.05, 4.69) is 4.74 Å². The molecular formula is C2H4ClNaO. The Bertz CT molecular complexity index is 14.4. The van der Waals surface area contributed by atoms with E-state index < -0.39 is 0 Å². The minimum Gasteiger partial charge on any atom is -1.00 e. The fraction of sp³-hybridized carbons (Fsp3) is 1.00. The number of halogens is 1. The monoisotopic (exact) mass is 102 g/mol. The Kier molecular flexibility index (Phi) is 10.0. The average molecular weight is 102 g/mol. The van der Waals surface area contributed by atoms with Crippen molar-refractivity contribution >= 4 is 0 Å². The molecule has 1 rings (SSSR count). The van der Waals surface area contributed by atoms with E-state index in [0.29, 0.717) is 0 Å². The van der Waals surface area contributed by atoms with Gasteiger partial charge in [0.25, 0.3) is 0 Å². The summed E-state index contributed by atoms with van der Waals surface area (Å²) in [5, 5.41) is 0. The van der Waals surface area contributed by atoms with Crippen molar-refractivity contribution in [1.82, 2.24) is 0 Å². The number of rotatable bonds is 0. The predicted octanol–water partition coefficient (Wildman–Crippen LogP) is -5.98. The molecule has 1 nitrogen and oxygen atoms in total. The van der Waals surface area contributed by atoms with E-state index >= 15 is 0 Å². The Morgan fingerprint density at radius 2 is 1.40 bits per heavy atom. The zero-order chi connectivity index (χ0) is 2.12. The van der Waals surface area contributed by atoms with E-state index in [1.807, 2.05) is 0 Å². The van der Waals surface area contributed by atoms with Crippen LogP contribution in [0, 0.1) is 0 Å². The van der Waals surface area contributed by atoms with Crippen molar-refractivity contribution < 1.29 is 46.7 Å². The van der Waals surface area contributed by atoms with Crippen molar-refractivity contribution in [2.24, 2.45) is 0 Å². The van der Waals surface area contributed by atoms with E-state index in [4.69, 9.17) is 0 Å². The van der Waals surface area contributed by atoms with Crippen LogP contribution in [0.1, 0.15) is 0 Å². The SMILES string of the molecule is C1CO1.[Cl-].[Na+]. The largest absolute Gasteiger partial charge is 1.00 e. The van der Waals surface area contributed by atoms with Gasteiger partial charge in [0.15, 0.2) is 0 Å². The smallest absolute Gasteiger partial charge is 1.00 e. The number of hydrogen-bond donors (Lipinski definition) is 0. The van der Waals surface area contributed by atoms with Crippen LogP contribution in [0.2, 0.25) is 0 Å². The molecule has 0 amide bonds. The minimum atomic E-state index is 0. The van der Waals surface area contributed by atoms with Gasteiger partial charge in [-0.15, -0.1) is 0 Å². The van der Waals surface area contributed by atoms with Gasteiger partial charge in [-0.1, -0.05) is 0 Å². The van der Waals surface area contributed by atoms with Crippen molar-refractivity contribution in [2.45, 2.75) is 0 Å². The minimum absolute atomic E-state index is 0. The first-order valence-electron chi connectivity index (χ1n) is 1.08. The van der Waals surface area contributed by atoms with E-state index in [-0.39, 0.29) is 42.0 Å². The summed E-state index contributed by atoms with van der Waals surface area (Å²) < 4.78 is 4.50. The van der Waals surface area contributed by atoms with Crippen LogP contribution >= 0.6 is 0 Å². The first-order chi connectivity index (χ1) is 1.50. The van der Waals surface area contributed by atoms with Gasteiger partial charge in [-0.3, -0.25) is 0 Å². The second kappa shape index (κ2) is 5.25. The summed E-state index contributed by atoms with van der Waals surface area (Å²) in [5.41, 5.74) is 0. The molecule has 0 spiro atoms. The maximum atomic E-state index is 4.50. The maximum Gasteiger partial charge on any atom is 1.00 e. The van der Waals surface area contributed by atoms with Crippen LogP contribution in [-0.4, -0.2) is 13.2 Å². The standard InChI is InChI=1S/C2H4O.ClH.Na/c1-2-3-1;;/h1-2H2;1H;/q;;+1/p-1. The fourth-order valence-electron chi connectivity index (χ4n) is 0. The van der Waals surface area contributed by atoms with Crippen molar-refractivity contribution in [3.8, 4) is 0 Å². The topological polar surface area (TPSA) is 12.5 Å². The fourth-order valence-corrected chi connectivity index (χ4v) is 0. The number of epoxide rings is 1. The summed E-state index contributed by atoms with van der Waals surface area (Å²) in [6.07, 6.45) is 0. The quantitative estimate of drug-likeness (QED) is 0.219. The Labute approximate surface area is 59.8 Å². The van der Waals surface area contributed by atoms with E-state index in [1.165, 1.54) is 0 Å². The molecule has 0 aromatic heterocycles. The van der Waals surface area contributed by atoms with Crippen LogP contribution in [0.4, 0.5) is 0 Å². The molecule has 1 aliphatic rings. The molecule has 0 bridgehead atoms. The number of hydrogen-bond acceptors (Lipinski definition) is 1. The molecule has 0 atom stereocenters. The second-order valence-electron chi connectivity index (χ2n) is 0.612. The summed E-state index contributed by atoms with van der Waals surface area (Å²) >= 11 is 0. The van der Waals surface area contributed by atoms with Crippen LogP contribution in [0.3, 0.4) is 0 Å². The van der Waals surface area contributed by atoms with Gasteiger partial charge in [-0.2, -0.15) is 0 Å². The number of ether oxygens (including phenoxy) is 1. The molecule has 0 unspecified atom stereocenters. The van der Waals surface area contributed by atoms with Gasteiger partial charge >= 0.3 is 29.6 Å². The summed E-state index contributed by atoms with van der Waals surface area (Å²) in [6.45, 7) is 2.00. The summed E-state index contributed by atoms with van der Waals surface area (Å²) in [5.74, 6) is 0. The molecule has 26 valence electrons. The van der Waals surface area contributed by atoms with Crippen molar-refractivity contribution in [3.63, 3.8) is 0 Å². The molecule has 0 saturated carbocycles. The molecule has 0 N–H and O–H groups in total. The zero-order valence-corrected chi connectivity index (χ0v) is 5.96. The summed E-state index contributed by atoms with van der Waals surface area (Å²) in [4.78, 5) is 0. The molecule has 0 aromatic carbocycles. The first-order valence-corrected chi connectivity index (χ1v) is 1.08. The van der Waals surface area contributed by atoms with Gasteiger partial charge in [0.05, 0.1) is 13.2 Å². The Morgan fingerprint density at radius 3 is 1.40 bits per heavy atom. The third-order valence-electron chi connectivity index (χ3n) is 0.204. The van der Waals surface area contributed by atoms with Gasteiger partial charge in [0.2, 0.25) is 0 Å². The third-order valence-corrected chi connectivity index (χ3v) is 0.204. The average Bonchev–Trinajstić information content (AvgIpc) is 1.46. The molecule has 0 aliphatic carbocycles. The molecule has 5 heavy (non-hydrogen) atoms. The van der Waals surface area contributed by atoms with E-state index in [0.717, 1.165) is 13.2 Å². The summed E-state index contributed by atoms with van der Waals surface area (Å²) in [6, 6.07) is 0. The van der Waals surface area contributed by atoms with Crippen LogP contribution in [0.15, 0.2) is 0 Å². The molecular weight excluding hydrogens is 98.5 g/mol. The second-order valence-corrected chi connectivity index (χ2v) is 0.612. The zero-order valence-electron chi connectivity index (χ0n) is 3.20. The molecule has 1 fully saturated rings. The molecule has 1 saturated heterocycles. The molecule has 1 heterocycles. The summed E-state index contributed by atoms with van der Waals surface area (Å²) in [7, 11) is 0. The van der Waals surface area contributed by atoms with Crippen LogP contribution in [0.5, 0.6) is 0 Å². The van der Waals surface area contributed by atoms with Gasteiger partial charge in [-0.05, 0) is 0 Å². The van der Waals surface area contributed by atoms with Gasteiger partial charge in [0.1, 0.15) is 0 Å². The van der Waals surface area contributed by atoms with Crippen LogP contribution in [-0.2, 0) is 4.74 Å². The van der Waals surface area contributed by atoms with E-state index in [1.54, 1.807) is 0 Å². The van der Waals surface area contributed by atoms with E-state index in [9.17, 15) is 0 Å². The Hall–Kier alpha value is 1.25.